The molecule has 0 spiro atoms. The number of aromatic nitrogens is 3. The van der Waals surface area contributed by atoms with Gasteiger partial charge in [0.2, 0.25) is 0 Å². The largest absolute Gasteiger partial charge is 0.367 e. The van der Waals surface area contributed by atoms with E-state index in [-0.39, 0.29) is 0 Å². The highest BCUT2D eigenvalue weighted by Crippen LogP contribution is 2.36. The van der Waals surface area contributed by atoms with Crippen LogP contribution in [0.25, 0.3) is 31.9 Å². The number of rotatable bonds is 6. The number of nitrogens with one attached hydrogen (secondary N) is 1. The summed E-state index contributed by atoms with van der Waals surface area (Å²) >= 11 is 1.69. The Kier molecular flexibility index (Phi) is 5.09. The van der Waals surface area contributed by atoms with Crippen molar-refractivity contribution in [2.75, 3.05) is 32.5 Å². The summed E-state index contributed by atoms with van der Waals surface area (Å²) < 4.78 is 0. The minimum absolute atomic E-state index is 0.827. The summed E-state index contributed by atoms with van der Waals surface area (Å²) in [5, 5.41) is 14.6. The van der Waals surface area contributed by atoms with Crippen molar-refractivity contribution in [3.8, 4) is 21.1 Å². The molecular formula is C21H21N5S. The van der Waals surface area contributed by atoms with E-state index in [4.69, 9.17) is 0 Å². The highest BCUT2D eigenvalue weighted by atomic mass is 32.1. The molecule has 0 aliphatic rings. The van der Waals surface area contributed by atoms with Crippen molar-refractivity contribution in [3.63, 3.8) is 0 Å². The van der Waals surface area contributed by atoms with Gasteiger partial charge in [0.05, 0.1) is 15.4 Å². The van der Waals surface area contributed by atoms with Crippen molar-refractivity contribution >= 4 is 27.9 Å². The summed E-state index contributed by atoms with van der Waals surface area (Å²) in [7, 11) is 4.12. The summed E-state index contributed by atoms with van der Waals surface area (Å²) in [6, 6.07) is 18.5. The number of benzene rings is 1. The molecule has 136 valence electrons. The second-order valence-electron chi connectivity index (χ2n) is 6.55. The molecule has 0 atom stereocenters. The Bertz CT molecular complexity index is 1040. The van der Waals surface area contributed by atoms with Gasteiger partial charge < -0.3 is 10.2 Å². The Labute approximate surface area is 162 Å². The van der Waals surface area contributed by atoms with Gasteiger partial charge in [0.25, 0.3) is 0 Å². The van der Waals surface area contributed by atoms with E-state index < -0.39 is 0 Å². The van der Waals surface area contributed by atoms with Crippen LogP contribution in [0.3, 0.4) is 0 Å². The zero-order chi connectivity index (χ0) is 18.6. The standard InChI is InChI=1S/C21H21N5S/c1-26(2)14-13-23-21-16-8-4-3-7-15(16)20(24-25-21)19-11-10-18(27-19)17-9-5-6-12-22-17/h3-12H,13-14H2,1-2H3,(H,23,25). The normalized spacial score (nSPS) is 11.2. The van der Waals surface area contributed by atoms with E-state index in [1.807, 2.05) is 36.5 Å². The molecule has 6 heteroatoms. The van der Waals surface area contributed by atoms with E-state index >= 15 is 0 Å². The van der Waals surface area contributed by atoms with E-state index in [1.165, 1.54) is 0 Å². The smallest absolute Gasteiger partial charge is 0.156 e. The van der Waals surface area contributed by atoms with Crippen LogP contribution < -0.4 is 5.32 Å². The van der Waals surface area contributed by atoms with Gasteiger partial charge in [-0.05, 0) is 38.4 Å². The zero-order valence-electron chi connectivity index (χ0n) is 15.4. The topological polar surface area (TPSA) is 53.9 Å². The Morgan fingerprint density at radius 2 is 1.67 bits per heavy atom. The lowest BCUT2D eigenvalue weighted by Gasteiger charge is -2.13. The monoisotopic (exact) mass is 375 g/mol. The van der Waals surface area contributed by atoms with E-state index in [0.29, 0.717) is 0 Å². The van der Waals surface area contributed by atoms with Crippen molar-refractivity contribution in [2.45, 2.75) is 0 Å². The van der Waals surface area contributed by atoms with Crippen molar-refractivity contribution < 1.29 is 0 Å². The number of nitrogens with zero attached hydrogens (tertiary/aromatic N) is 4. The number of fused-ring (bicyclic) bond motifs is 1. The van der Waals surface area contributed by atoms with Gasteiger partial charge in [0.1, 0.15) is 5.69 Å². The van der Waals surface area contributed by atoms with Crippen molar-refractivity contribution in [1.82, 2.24) is 20.1 Å². The SMILES string of the molecule is CN(C)CCNc1nnc(-c2ccc(-c3ccccn3)s2)c2ccccc12. The Balaban J connectivity index is 1.70. The molecule has 4 rings (SSSR count). The first-order valence-corrected chi connectivity index (χ1v) is 9.69. The minimum atomic E-state index is 0.827. The predicted molar refractivity (Wildman–Crippen MR) is 113 cm³/mol. The number of anilines is 1. The van der Waals surface area contributed by atoms with Crippen LogP contribution >= 0.6 is 11.3 Å². The van der Waals surface area contributed by atoms with Gasteiger partial charge in [0.15, 0.2) is 5.82 Å². The lowest BCUT2D eigenvalue weighted by atomic mass is 10.1. The third-order valence-electron chi connectivity index (χ3n) is 4.30. The highest BCUT2D eigenvalue weighted by Gasteiger charge is 2.13. The molecule has 0 aliphatic carbocycles. The molecule has 0 amide bonds. The maximum atomic E-state index is 4.55. The fraction of sp³-hybridized carbons (Fsp3) is 0.190. The molecule has 0 fully saturated rings. The lowest BCUT2D eigenvalue weighted by Crippen LogP contribution is -2.21. The van der Waals surface area contributed by atoms with Crippen LogP contribution in [0.1, 0.15) is 0 Å². The average molecular weight is 376 g/mol. The summed E-state index contributed by atoms with van der Waals surface area (Å²) in [6.45, 7) is 1.77. The molecule has 0 radical (unpaired) electrons. The Morgan fingerprint density at radius 3 is 2.44 bits per heavy atom. The van der Waals surface area contributed by atoms with Gasteiger partial charge >= 0.3 is 0 Å². The highest BCUT2D eigenvalue weighted by molar-refractivity contribution is 7.18. The van der Waals surface area contributed by atoms with Crippen molar-refractivity contribution in [3.05, 3.63) is 60.8 Å². The number of pyridine rings is 1. The van der Waals surface area contributed by atoms with Gasteiger partial charge in [-0.2, -0.15) is 0 Å². The van der Waals surface area contributed by atoms with Crippen LogP contribution in [0.5, 0.6) is 0 Å². The molecule has 0 bridgehead atoms. The van der Waals surface area contributed by atoms with Crippen LogP contribution in [0.2, 0.25) is 0 Å². The second-order valence-corrected chi connectivity index (χ2v) is 7.64. The molecule has 3 aromatic heterocycles. The lowest BCUT2D eigenvalue weighted by molar-refractivity contribution is 0.425. The Hall–Kier alpha value is -2.83. The maximum Gasteiger partial charge on any atom is 0.156 e. The molecule has 0 unspecified atom stereocenters. The molecule has 0 saturated heterocycles. The number of likely N-dealkylation sites (N-methyl/N-ethyl adjacent to an activating group) is 1. The van der Waals surface area contributed by atoms with Gasteiger partial charge in [-0.1, -0.05) is 30.3 Å². The first kappa shape index (κ1) is 17.6. The Morgan fingerprint density at radius 1 is 0.889 bits per heavy atom. The van der Waals surface area contributed by atoms with Crippen LogP contribution in [-0.4, -0.2) is 47.3 Å². The molecular weight excluding hydrogens is 354 g/mol. The van der Waals surface area contributed by atoms with Gasteiger partial charge in [0, 0.05) is 30.1 Å². The molecule has 0 aliphatic heterocycles. The van der Waals surface area contributed by atoms with Crippen LogP contribution in [-0.2, 0) is 0 Å². The fourth-order valence-electron chi connectivity index (χ4n) is 2.93. The van der Waals surface area contributed by atoms with E-state index in [1.54, 1.807) is 11.3 Å². The molecule has 0 saturated carbocycles. The van der Waals surface area contributed by atoms with Crippen LogP contribution in [0.15, 0.2) is 60.8 Å². The summed E-state index contributed by atoms with van der Waals surface area (Å²) in [4.78, 5) is 8.81. The van der Waals surface area contributed by atoms with Crippen molar-refractivity contribution in [1.29, 1.82) is 0 Å². The zero-order valence-corrected chi connectivity index (χ0v) is 16.2. The van der Waals surface area contributed by atoms with Crippen LogP contribution in [0.4, 0.5) is 5.82 Å². The first-order valence-electron chi connectivity index (χ1n) is 8.88. The van der Waals surface area contributed by atoms with E-state index in [9.17, 15) is 0 Å². The molecule has 3 heterocycles. The van der Waals surface area contributed by atoms with Gasteiger partial charge in [-0.25, -0.2) is 0 Å². The molecule has 4 aromatic rings. The second kappa shape index (κ2) is 7.82. The summed E-state index contributed by atoms with van der Waals surface area (Å²) in [5.74, 6) is 0.831. The van der Waals surface area contributed by atoms with Gasteiger partial charge in [-0.15, -0.1) is 21.5 Å². The third-order valence-corrected chi connectivity index (χ3v) is 5.41. The summed E-state index contributed by atoms with van der Waals surface area (Å²) in [6.07, 6.45) is 1.82. The summed E-state index contributed by atoms with van der Waals surface area (Å²) in [5.41, 5.74) is 1.89. The molecule has 1 N–H and O–H groups in total. The average Bonchev–Trinajstić information content (AvgIpc) is 3.18. The minimum Gasteiger partial charge on any atom is -0.367 e. The maximum absolute atomic E-state index is 4.55. The quantitative estimate of drug-likeness (QED) is 0.541. The van der Waals surface area contributed by atoms with Gasteiger partial charge in [-0.3, -0.25) is 4.98 Å². The molecule has 5 nitrogen and oxygen atoms in total. The first-order chi connectivity index (χ1) is 13.2. The van der Waals surface area contributed by atoms with E-state index in [0.717, 1.165) is 50.8 Å². The number of hydrogen-bond donors (Lipinski definition) is 1. The third kappa shape index (κ3) is 3.82. The van der Waals surface area contributed by atoms with Crippen LogP contribution in [0, 0.1) is 0 Å². The van der Waals surface area contributed by atoms with Crippen molar-refractivity contribution in [2.24, 2.45) is 0 Å². The predicted octanol–water partition coefficient (Wildman–Crippen LogP) is 4.39. The fourth-order valence-corrected chi connectivity index (χ4v) is 3.91. The number of thiophene rings is 1. The van der Waals surface area contributed by atoms with E-state index in [2.05, 4.69) is 63.8 Å². The number of hydrogen-bond acceptors (Lipinski definition) is 6. The molecule has 27 heavy (non-hydrogen) atoms. The molecule has 1 aromatic carbocycles.